The Morgan fingerprint density at radius 2 is 1.85 bits per heavy atom. The highest BCUT2D eigenvalue weighted by Gasteiger charge is 2.28. The lowest BCUT2D eigenvalue weighted by atomic mass is 9.99. The molecule has 140 valence electrons. The molecule has 1 atom stereocenters. The van der Waals surface area contributed by atoms with Crippen molar-refractivity contribution < 1.29 is 14.2 Å². The molecular weight excluding hydrogens is 370 g/mol. The van der Waals surface area contributed by atoms with E-state index >= 15 is 0 Å². The third kappa shape index (κ3) is 4.12. The zero-order valence-electron chi connectivity index (χ0n) is 14.8. The van der Waals surface area contributed by atoms with Gasteiger partial charge in [-0.3, -0.25) is 4.90 Å². The first kappa shape index (κ1) is 19.4. The van der Waals surface area contributed by atoms with Gasteiger partial charge in [-0.15, -0.1) is 24.2 Å². The van der Waals surface area contributed by atoms with Crippen molar-refractivity contribution in [3.63, 3.8) is 0 Å². The van der Waals surface area contributed by atoms with Crippen LogP contribution in [0.1, 0.15) is 16.4 Å². The minimum Gasteiger partial charge on any atom is -0.497 e. The number of nitrogens with zero attached hydrogens (tertiary/aromatic N) is 1. The summed E-state index contributed by atoms with van der Waals surface area (Å²) in [4.78, 5) is 2.48. The summed E-state index contributed by atoms with van der Waals surface area (Å²) in [6, 6.07) is 14.4. The first-order valence-corrected chi connectivity index (χ1v) is 9.76. The Balaban J connectivity index is 0.00000196. The Morgan fingerprint density at radius 1 is 1.08 bits per heavy atom. The average molecular weight is 394 g/mol. The van der Waals surface area contributed by atoms with Gasteiger partial charge >= 0.3 is 0 Å². The SMILES string of the molecule is COc1ccc2c(c1)C(SCCN1CCOCC1)c1ccccc1O2.Cl. The van der Waals surface area contributed by atoms with E-state index in [0.29, 0.717) is 0 Å². The van der Waals surface area contributed by atoms with E-state index in [1.807, 2.05) is 30.0 Å². The molecule has 2 aromatic rings. The standard InChI is InChI=1S/C20H23NO3S.ClH/c1-22-15-6-7-19-17(14-15)20(16-4-2-3-5-18(16)24-19)25-13-10-21-8-11-23-12-9-21;/h2-7,14,20H,8-13H2,1H3;1H. The molecule has 4 nitrogen and oxygen atoms in total. The van der Waals surface area contributed by atoms with Gasteiger partial charge in [-0.25, -0.2) is 0 Å². The van der Waals surface area contributed by atoms with Gasteiger partial charge in [0.2, 0.25) is 0 Å². The third-order valence-electron chi connectivity index (χ3n) is 4.72. The molecule has 1 saturated heterocycles. The van der Waals surface area contributed by atoms with E-state index in [0.717, 1.165) is 55.8 Å². The van der Waals surface area contributed by atoms with Crippen LogP contribution in [0.25, 0.3) is 0 Å². The molecule has 0 N–H and O–H groups in total. The summed E-state index contributed by atoms with van der Waals surface area (Å²) in [5.41, 5.74) is 2.44. The van der Waals surface area contributed by atoms with E-state index in [2.05, 4.69) is 29.2 Å². The van der Waals surface area contributed by atoms with Crippen LogP contribution in [0, 0.1) is 0 Å². The molecule has 0 aliphatic carbocycles. The number of rotatable bonds is 5. The molecule has 0 aromatic heterocycles. The highest BCUT2D eigenvalue weighted by Crippen LogP contribution is 2.50. The molecular formula is C20H24ClNO3S. The third-order valence-corrected chi connectivity index (χ3v) is 5.98. The Labute approximate surface area is 165 Å². The van der Waals surface area contributed by atoms with Crippen LogP contribution in [0.2, 0.25) is 0 Å². The fourth-order valence-corrected chi connectivity index (χ4v) is 4.67. The van der Waals surface area contributed by atoms with E-state index < -0.39 is 0 Å². The summed E-state index contributed by atoms with van der Waals surface area (Å²) in [5, 5.41) is 0.274. The summed E-state index contributed by atoms with van der Waals surface area (Å²) in [6.45, 7) is 4.87. The first-order valence-electron chi connectivity index (χ1n) is 8.71. The number of para-hydroxylation sites is 1. The van der Waals surface area contributed by atoms with Crippen molar-refractivity contribution in [1.82, 2.24) is 4.90 Å². The normalized spacial score (nSPS) is 18.9. The zero-order chi connectivity index (χ0) is 17.1. The number of hydrogen-bond acceptors (Lipinski definition) is 5. The van der Waals surface area contributed by atoms with Gasteiger partial charge in [-0.2, -0.15) is 0 Å². The lowest BCUT2D eigenvalue weighted by Gasteiger charge is -2.30. The number of halogens is 1. The number of methoxy groups -OCH3 is 1. The van der Waals surface area contributed by atoms with Gasteiger partial charge in [-0.1, -0.05) is 18.2 Å². The molecule has 6 heteroatoms. The predicted octanol–water partition coefficient (Wildman–Crippen LogP) is 4.38. The molecule has 0 radical (unpaired) electrons. The fourth-order valence-electron chi connectivity index (χ4n) is 3.33. The molecule has 2 aliphatic heterocycles. The molecule has 2 aromatic carbocycles. The van der Waals surface area contributed by atoms with E-state index in [4.69, 9.17) is 14.2 Å². The molecule has 1 fully saturated rings. The van der Waals surface area contributed by atoms with E-state index in [1.165, 1.54) is 11.1 Å². The number of morpholine rings is 1. The molecule has 0 amide bonds. The first-order chi connectivity index (χ1) is 12.3. The lowest BCUT2D eigenvalue weighted by molar-refractivity contribution is 0.0410. The highest BCUT2D eigenvalue weighted by atomic mass is 35.5. The van der Waals surface area contributed by atoms with E-state index in [-0.39, 0.29) is 17.7 Å². The minimum absolute atomic E-state index is 0. The molecule has 26 heavy (non-hydrogen) atoms. The van der Waals surface area contributed by atoms with Gasteiger partial charge in [0.1, 0.15) is 17.2 Å². The van der Waals surface area contributed by atoms with Crippen LogP contribution < -0.4 is 9.47 Å². The maximum Gasteiger partial charge on any atom is 0.132 e. The van der Waals surface area contributed by atoms with Crippen LogP contribution in [-0.4, -0.2) is 50.6 Å². The Kier molecular flexibility index (Phi) is 6.70. The van der Waals surface area contributed by atoms with Gasteiger partial charge in [0.05, 0.1) is 25.6 Å². The van der Waals surface area contributed by atoms with Crippen molar-refractivity contribution in [3.05, 3.63) is 53.6 Å². The second kappa shape index (κ2) is 9.00. The summed E-state index contributed by atoms with van der Waals surface area (Å²) < 4.78 is 17.0. The molecule has 0 saturated carbocycles. The topological polar surface area (TPSA) is 30.9 Å². The highest BCUT2D eigenvalue weighted by molar-refractivity contribution is 7.99. The van der Waals surface area contributed by atoms with Crippen molar-refractivity contribution in [2.75, 3.05) is 45.7 Å². The molecule has 1 unspecified atom stereocenters. The van der Waals surface area contributed by atoms with Gasteiger partial charge in [0.25, 0.3) is 0 Å². The van der Waals surface area contributed by atoms with Gasteiger partial charge < -0.3 is 14.2 Å². The van der Waals surface area contributed by atoms with Crippen molar-refractivity contribution in [1.29, 1.82) is 0 Å². The minimum atomic E-state index is 0. The van der Waals surface area contributed by atoms with E-state index in [9.17, 15) is 0 Å². The summed E-state index contributed by atoms with van der Waals surface area (Å²) in [5.74, 6) is 3.85. The van der Waals surface area contributed by atoms with Crippen LogP contribution >= 0.6 is 24.2 Å². The predicted molar refractivity (Wildman–Crippen MR) is 108 cm³/mol. The van der Waals surface area contributed by atoms with E-state index in [1.54, 1.807) is 7.11 Å². The summed E-state index contributed by atoms with van der Waals surface area (Å²) in [6.07, 6.45) is 0. The van der Waals surface area contributed by atoms with Gasteiger partial charge in [-0.05, 0) is 24.3 Å². The number of thioether (sulfide) groups is 1. The molecule has 0 spiro atoms. The lowest BCUT2D eigenvalue weighted by Crippen LogP contribution is -2.37. The molecule has 2 heterocycles. The quantitative estimate of drug-likeness (QED) is 0.752. The van der Waals surface area contributed by atoms with Crippen molar-refractivity contribution >= 4 is 24.2 Å². The summed E-state index contributed by atoms with van der Waals surface area (Å²) >= 11 is 1.98. The van der Waals surface area contributed by atoms with Crippen LogP contribution in [0.15, 0.2) is 42.5 Å². The number of ether oxygens (including phenoxy) is 3. The molecule has 2 aliphatic rings. The number of fused-ring (bicyclic) bond motifs is 2. The second-order valence-corrected chi connectivity index (χ2v) is 7.46. The summed E-state index contributed by atoms with van der Waals surface area (Å²) in [7, 11) is 1.71. The molecule has 0 bridgehead atoms. The van der Waals surface area contributed by atoms with Crippen LogP contribution in [0.4, 0.5) is 0 Å². The number of benzene rings is 2. The molecule has 4 rings (SSSR count). The Hall–Kier alpha value is -1.40. The van der Waals surface area contributed by atoms with Crippen LogP contribution in [-0.2, 0) is 4.74 Å². The zero-order valence-corrected chi connectivity index (χ0v) is 16.5. The van der Waals surface area contributed by atoms with Crippen LogP contribution in [0.3, 0.4) is 0 Å². The largest absolute Gasteiger partial charge is 0.497 e. The van der Waals surface area contributed by atoms with Crippen molar-refractivity contribution in [3.8, 4) is 17.2 Å². The monoisotopic (exact) mass is 393 g/mol. The second-order valence-electron chi connectivity index (χ2n) is 6.25. The Morgan fingerprint density at radius 3 is 2.65 bits per heavy atom. The maximum atomic E-state index is 6.11. The van der Waals surface area contributed by atoms with Gasteiger partial charge in [0.15, 0.2) is 0 Å². The maximum absolute atomic E-state index is 6.11. The van der Waals surface area contributed by atoms with Crippen LogP contribution in [0.5, 0.6) is 17.2 Å². The average Bonchev–Trinajstić information content (AvgIpc) is 2.68. The Bertz CT molecular complexity index is 737. The fraction of sp³-hybridized carbons (Fsp3) is 0.400. The van der Waals surface area contributed by atoms with Crippen molar-refractivity contribution in [2.45, 2.75) is 5.25 Å². The number of hydrogen-bond donors (Lipinski definition) is 0. The smallest absolute Gasteiger partial charge is 0.132 e. The van der Waals surface area contributed by atoms with Gasteiger partial charge in [0, 0.05) is 36.5 Å². The van der Waals surface area contributed by atoms with Crippen molar-refractivity contribution in [2.24, 2.45) is 0 Å².